The fourth-order valence-electron chi connectivity index (χ4n) is 1.59. The zero-order chi connectivity index (χ0) is 11.1. The van der Waals surface area contributed by atoms with Gasteiger partial charge in [-0.15, -0.1) is 0 Å². The van der Waals surface area contributed by atoms with Crippen molar-refractivity contribution in [2.24, 2.45) is 0 Å². The van der Waals surface area contributed by atoms with Crippen LogP contribution in [0.15, 0.2) is 0 Å². The molecule has 3 heteroatoms. The number of nitrogens with one attached hydrogen (secondary N) is 1. The highest BCUT2D eigenvalue weighted by molar-refractivity contribution is 7.98. The Morgan fingerprint density at radius 3 is 2.60 bits per heavy atom. The molecule has 0 bridgehead atoms. The van der Waals surface area contributed by atoms with Crippen LogP contribution in [-0.4, -0.2) is 16.0 Å². The van der Waals surface area contributed by atoms with Crippen LogP contribution in [0.3, 0.4) is 0 Å². The van der Waals surface area contributed by atoms with Gasteiger partial charge in [0.1, 0.15) is 0 Å². The summed E-state index contributed by atoms with van der Waals surface area (Å²) >= 11 is 2.03. The van der Waals surface area contributed by atoms with Crippen LogP contribution < -0.4 is 0 Å². The molecule has 0 spiro atoms. The number of thioether (sulfide) groups is 1. The topological polar surface area (TPSA) is 28.7 Å². The van der Waals surface area contributed by atoms with E-state index in [1.54, 1.807) is 0 Å². The summed E-state index contributed by atoms with van der Waals surface area (Å²) in [7, 11) is 0. The summed E-state index contributed by atoms with van der Waals surface area (Å²) in [4.78, 5) is 0. The number of rotatable bonds is 7. The molecule has 0 aliphatic rings. The molecule has 2 nitrogen and oxygen atoms in total. The molecule has 0 radical (unpaired) electrons. The lowest BCUT2D eigenvalue weighted by Crippen LogP contribution is -1.87. The highest BCUT2D eigenvalue weighted by Crippen LogP contribution is 2.18. The third-order valence-corrected chi connectivity index (χ3v) is 3.74. The number of aromatic nitrogens is 2. The van der Waals surface area contributed by atoms with Gasteiger partial charge in [-0.2, -0.15) is 16.9 Å². The van der Waals surface area contributed by atoms with Gasteiger partial charge in [-0.1, -0.05) is 26.2 Å². The minimum atomic E-state index is 1.11. The van der Waals surface area contributed by atoms with Crippen LogP contribution in [0, 0.1) is 13.8 Å². The van der Waals surface area contributed by atoms with Gasteiger partial charge in [-0.3, -0.25) is 5.10 Å². The molecule has 0 atom stereocenters. The molecule has 0 aliphatic heterocycles. The van der Waals surface area contributed by atoms with Gasteiger partial charge in [0.15, 0.2) is 0 Å². The van der Waals surface area contributed by atoms with E-state index in [4.69, 9.17) is 0 Å². The van der Waals surface area contributed by atoms with Crippen molar-refractivity contribution in [2.45, 2.75) is 52.2 Å². The number of H-pyrrole nitrogens is 1. The summed E-state index contributed by atoms with van der Waals surface area (Å²) < 4.78 is 0. The third kappa shape index (κ3) is 4.29. The smallest absolute Gasteiger partial charge is 0.0634 e. The summed E-state index contributed by atoms with van der Waals surface area (Å²) in [5, 5.41) is 7.24. The van der Waals surface area contributed by atoms with E-state index in [0.29, 0.717) is 0 Å². The van der Waals surface area contributed by atoms with Gasteiger partial charge >= 0.3 is 0 Å². The molecule has 1 N–H and O–H groups in total. The quantitative estimate of drug-likeness (QED) is 0.716. The van der Waals surface area contributed by atoms with Crippen LogP contribution in [0.1, 0.15) is 49.6 Å². The molecule has 0 amide bonds. The Hall–Kier alpha value is -0.440. The second kappa shape index (κ2) is 6.94. The molecule has 1 aromatic rings. The van der Waals surface area contributed by atoms with E-state index in [1.807, 2.05) is 11.8 Å². The van der Waals surface area contributed by atoms with E-state index in [-0.39, 0.29) is 0 Å². The fourth-order valence-corrected chi connectivity index (χ4v) is 2.77. The Morgan fingerprint density at radius 2 is 2.00 bits per heavy atom. The molecule has 0 fully saturated rings. The number of aromatic amines is 1. The van der Waals surface area contributed by atoms with E-state index in [2.05, 4.69) is 31.0 Å². The van der Waals surface area contributed by atoms with Crippen molar-refractivity contribution in [3.8, 4) is 0 Å². The summed E-state index contributed by atoms with van der Waals surface area (Å²) in [5.41, 5.74) is 3.79. The monoisotopic (exact) mass is 226 g/mol. The van der Waals surface area contributed by atoms with E-state index in [1.165, 1.54) is 42.7 Å². The standard InChI is InChI=1S/C12H22N2S/c1-4-5-6-7-8-15-9-12-10(2)13-14-11(12)3/h4-9H2,1-3H3,(H,13,14). The normalized spacial score (nSPS) is 10.9. The first kappa shape index (κ1) is 12.6. The van der Waals surface area contributed by atoms with Crippen molar-refractivity contribution in [3.63, 3.8) is 0 Å². The first-order valence-electron chi connectivity index (χ1n) is 5.84. The molecular formula is C12H22N2S. The Kier molecular flexibility index (Phi) is 5.84. The van der Waals surface area contributed by atoms with Gasteiger partial charge in [-0.05, 0) is 26.0 Å². The van der Waals surface area contributed by atoms with Crippen molar-refractivity contribution in [1.82, 2.24) is 10.2 Å². The van der Waals surface area contributed by atoms with Crippen LogP contribution in [0.25, 0.3) is 0 Å². The molecule has 0 unspecified atom stereocenters. The predicted octanol–water partition coefficient (Wildman–Crippen LogP) is 3.84. The van der Waals surface area contributed by atoms with E-state index in [0.717, 1.165) is 11.4 Å². The largest absolute Gasteiger partial charge is 0.282 e. The lowest BCUT2D eigenvalue weighted by molar-refractivity contribution is 0.706. The first-order chi connectivity index (χ1) is 7.25. The van der Waals surface area contributed by atoms with E-state index in [9.17, 15) is 0 Å². The number of aryl methyl sites for hydroxylation is 2. The van der Waals surface area contributed by atoms with Crippen LogP contribution in [0.2, 0.25) is 0 Å². The second-order valence-electron chi connectivity index (χ2n) is 4.03. The van der Waals surface area contributed by atoms with Gasteiger partial charge in [0.05, 0.1) is 5.69 Å². The molecule has 1 rings (SSSR count). The highest BCUT2D eigenvalue weighted by atomic mass is 32.2. The summed E-state index contributed by atoms with van der Waals surface area (Å²) in [6.07, 6.45) is 5.44. The fraction of sp³-hybridized carbons (Fsp3) is 0.750. The average molecular weight is 226 g/mol. The average Bonchev–Trinajstić information content (AvgIpc) is 2.54. The SMILES string of the molecule is CCCCCCSCc1c(C)n[nH]c1C. The number of hydrogen-bond donors (Lipinski definition) is 1. The second-order valence-corrected chi connectivity index (χ2v) is 5.13. The zero-order valence-electron chi connectivity index (χ0n) is 10.1. The van der Waals surface area contributed by atoms with Gasteiger partial charge in [0.25, 0.3) is 0 Å². The molecule has 86 valence electrons. The Labute approximate surface area is 97.2 Å². The van der Waals surface area contributed by atoms with Crippen molar-refractivity contribution in [1.29, 1.82) is 0 Å². The van der Waals surface area contributed by atoms with Crippen LogP contribution in [0.5, 0.6) is 0 Å². The highest BCUT2D eigenvalue weighted by Gasteiger charge is 2.05. The molecule has 1 heterocycles. The number of unbranched alkanes of at least 4 members (excludes halogenated alkanes) is 3. The summed E-state index contributed by atoms with van der Waals surface area (Å²) in [6.45, 7) is 6.44. The molecule has 15 heavy (non-hydrogen) atoms. The van der Waals surface area contributed by atoms with Gasteiger partial charge in [0, 0.05) is 17.0 Å². The van der Waals surface area contributed by atoms with Gasteiger partial charge in [-0.25, -0.2) is 0 Å². The van der Waals surface area contributed by atoms with Crippen molar-refractivity contribution < 1.29 is 0 Å². The molecule has 0 aliphatic carbocycles. The molecule has 1 aromatic heterocycles. The first-order valence-corrected chi connectivity index (χ1v) is 6.99. The minimum Gasteiger partial charge on any atom is -0.282 e. The number of hydrogen-bond acceptors (Lipinski definition) is 2. The molecule has 0 saturated heterocycles. The van der Waals surface area contributed by atoms with Crippen LogP contribution in [-0.2, 0) is 5.75 Å². The zero-order valence-corrected chi connectivity index (χ0v) is 10.9. The minimum absolute atomic E-state index is 1.11. The van der Waals surface area contributed by atoms with Crippen LogP contribution in [0.4, 0.5) is 0 Å². The lowest BCUT2D eigenvalue weighted by atomic mass is 10.2. The Balaban J connectivity index is 2.15. The van der Waals surface area contributed by atoms with E-state index < -0.39 is 0 Å². The molecule has 0 saturated carbocycles. The lowest BCUT2D eigenvalue weighted by Gasteiger charge is -2.01. The maximum absolute atomic E-state index is 4.21. The Bertz CT molecular complexity index is 262. The summed E-state index contributed by atoms with van der Waals surface area (Å²) in [6, 6.07) is 0. The third-order valence-electron chi connectivity index (χ3n) is 2.67. The summed E-state index contributed by atoms with van der Waals surface area (Å²) in [5.74, 6) is 2.39. The van der Waals surface area contributed by atoms with Crippen LogP contribution >= 0.6 is 11.8 Å². The molecular weight excluding hydrogens is 204 g/mol. The maximum Gasteiger partial charge on any atom is 0.0634 e. The van der Waals surface area contributed by atoms with Crippen molar-refractivity contribution >= 4 is 11.8 Å². The molecule has 0 aromatic carbocycles. The maximum atomic E-state index is 4.21. The predicted molar refractivity (Wildman–Crippen MR) is 68.4 cm³/mol. The van der Waals surface area contributed by atoms with Crippen molar-refractivity contribution in [2.75, 3.05) is 5.75 Å². The Morgan fingerprint density at radius 1 is 1.20 bits per heavy atom. The number of nitrogens with zero attached hydrogens (tertiary/aromatic N) is 1. The van der Waals surface area contributed by atoms with Crippen molar-refractivity contribution in [3.05, 3.63) is 17.0 Å². The van der Waals surface area contributed by atoms with E-state index >= 15 is 0 Å². The van der Waals surface area contributed by atoms with Gasteiger partial charge < -0.3 is 0 Å². The van der Waals surface area contributed by atoms with Gasteiger partial charge in [0.2, 0.25) is 0 Å².